The maximum atomic E-state index is 17.6. The molecule has 0 atom stereocenters. The standard InChI is InChI=1S/C51H31F13N4/c1-68-28-33-40(29-14-6-2-7-15-29)34-22-23-35(65-34)41(30-16-8-3-9-17-30)36-24-25-37(66-36)42(31-18-10-4-11-19-31)38-26-27-39(67-38)43(32-20-12-5-13-21-32)45(68)44(33)46(52,53)47(54,55)48(56,57)49(58,59)50(60,61)51(62,63)64/h2-28,66H,1H3. The topological polar surface area (TPSA) is 45.4 Å². The number of fused-ring (bicyclic) bond motifs is 6. The fourth-order valence-electron chi connectivity index (χ4n) is 8.48. The van der Waals surface area contributed by atoms with Crippen LogP contribution in [0.2, 0.25) is 0 Å². The molecule has 0 aliphatic carbocycles. The average Bonchev–Trinajstić information content (AvgIpc) is 4.14. The highest BCUT2D eigenvalue weighted by Crippen LogP contribution is 2.63. The third-order valence-corrected chi connectivity index (χ3v) is 11.7. The van der Waals surface area contributed by atoms with Gasteiger partial charge >= 0.3 is 35.8 Å². The van der Waals surface area contributed by atoms with Gasteiger partial charge in [0, 0.05) is 51.8 Å². The summed E-state index contributed by atoms with van der Waals surface area (Å²) in [5.41, 5.74) is -3.43. The maximum Gasteiger partial charge on any atom is 0.460 e. The molecule has 0 saturated carbocycles. The molecule has 0 spiro atoms. The van der Waals surface area contributed by atoms with Gasteiger partial charge in [0.1, 0.15) is 0 Å². The Labute approximate surface area is 377 Å². The Hall–Kier alpha value is -7.43. The summed E-state index contributed by atoms with van der Waals surface area (Å²) in [6.07, 6.45) is -1.20. The van der Waals surface area contributed by atoms with Crippen LogP contribution in [-0.2, 0) is 13.0 Å². The Morgan fingerprint density at radius 1 is 0.412 bits per heavy atom. The molecule has 1 N–H and O–H groups in total. The van der Waals surface area contributed by atoms with Crippen molar-refractivity contribution in [3.63, 3.8) is 0 Å². The second-order valence-corrected chi connectivity index (χ2v) is 15.9. The monoisotopic (exact) mass is 946 g/mol. The summed E-state index contributed by atoms with van der Waals surface area (Å²) in [5.74, 6) is -38.6. The number of halogens is 13. The van der Waals surface area contributed by atoms with Gasteiger partial charge in [-0.15, -0.1) is 0 Å². The van der Waals surface area contributed by atoms with Crippen molar-refractivity contribution in [1.82, 2.24) is 9.55 Å². The van der Waals surface area contributed by atoms with Gasteiger partial charge in [-0.05, 0) is 58.7 Å². The van der Waals surface area contributed by atoms with Gasteiger partial charge in [0.15, 0.2) is 0 Å². The van der Waals surface area contributed by atoms with Crippen molar-refractivity contribution in [2.45, 2.75) is 35.8 Å². The van der Waals surface area contributed by atoms with Crippen LogP contribution in [-0.4, -0.2) is 50.8 Å². The number of hydrogen-bond donors (Lipinski definition) is 1. The molecule has 4 nitrogen and oxygen atoms in total. The molecule has 6 aromatic rings. The van der Waals surface area contributed by atoms with Gasteiger partial charge in [0.05, 0.1) is 34.1 Å². The van der Waals surface area contributed by atoms with Crippen LogP contribution >= 0.6 is 0 Å². The van der Waals surface area contributed by atoms with Gasteiger partial charge in [-0.3, -0.25) is 0 Å². The van der Waals surface area contributed by atoms with Crippen molar-refractivity contribution in [3.05, 3.63) is 225 Å². The summed E-state index contributed by atoms with van der Waals surface area (Å²) < 4.78 is 200. The van der Waals surface area contributed by atoms with E-state index in [1.165, 1.54) is 85.0 Å². The zero-order valence-corrected chi connectivity index (χ0v) is 34.8. The number of H-pyrrole nitrogens is 1. The lowest BCUT2D eigenvalue weighted by molar-refractivity contribution is -0.441. The number of hydrogen-bond acceptors (Lipinski definition) is 2. The number of nitrogens with zero attached hydrogens (tertiary/aromatic N) is 3. The molecule has 0 radical (unpaired) electrons. The number of alkyl halides is 13. The normalized spacial score (nSPS) is 16.0. The van der Waals surface area contributed by atoms with E-state index in [1.54, 1.807) is 72.8 Å². The molecule has 8 bridgehead atoms. The van der Waals surface area contributed by atoms with Gasteiger partial charge in [0.2, 0.25) is 0 Å². The molecule has 0 fully saturated rings. The molecule has 5 heterocycles. The number of rotatable bonds is 9. The van der Waals surface area contributed by atoms with E-state index in [9.17, 15) is 22.0 Å². The molecule has 0 unspecified atom stereocenters. The number of aryl methyl sites for hydroxylation is 1. The quantitative estimate of drug-likeness (QED) is 0.140. The minimum atomic E-state index is -8.14. The van der Waals surface area contributed by atoms with Crippen molar-refractivity contribution in [3.8, 4) is 0 Å². The zero-order valence-electron chi connectivity index (χ0n) is 34.8. The summed E-state index contributed by atoms with van der Waals surface area (Å²) in [7, 11) is 1.05. The van der Waals surface area contributed by atoms with Gasteiger partial charge < -0.3 is 9.55 Å². The second-order valence-electron chi connectivity index (χ2n) is 15.9. The van der Waals surface area contributed by atoms with E-state index in [2.05, 4.69) is 4.98 Å². The van der Waals surface area contributed by atoms with Crippen LogP contribution in [0.4, 0.5) is 57.1 Å². The number of benzene rings is 4. The van der Waals surface area contributed by atoms with E-state index in [1.807, 2.05) is 0 Å². The Kier molecular flexibility index (Phi) is 10.8. The highest BCUT2D eigenvalue weighted by molar-refractivity contribution is 6.31. The molecular weight excluding hydrogens is 916 g/mol. The molecule has 2 aromatic heterocycles. The lowest BCUT2D eigenvalue weighted by Crippen LogP contribution is -2.69. The minimum absolute atomic E-state index is 0.0583. The first-order chi connectivity index (χ1) is 32.1. The van der Waals surface area contributed by atoms with Crippen LogP contribution in [0.15, 0.2) is 185 Å². The van der Waals surface area contributed by atoms with Crippen LogP contribution < -0.4 is 10.7 Å². The van der Waals surface area contributed by atoms with Crippen molar-refractivity contribution in [2.75, 3.05) is 0 Å². The molecule has 17 heteroatoms. The predicted molar refractivity (Wildman–Crippen MR) is 231 cm³/mol. The highest BCUT2D eigenvalue weighted by atomic mass is 19.4. The molecule has 3 aliphatic heterocycles. The van der Waals surface area contributed by atoms with E-state index >= 15 is 35.1 Å². The first-order valence-electron chi connectivity index (χ1n) is 20.4. The van der Waals surface area contributed by atoms with Crippen molar-refractivity contribution in [2.24, 2.45) is 17.0 Å². The van der Waals surface area contributed by atoms with E-state index in [4.69, 9.17) is 9.98 Å². The molecular formula is C51H31F13N4. The zero-order chi connectivity index (χ0) is 48.6. The van der Waals surface area contributed by atoms with Crippen LogP contribution in [0.3, 0.4) is 0 Å². The van der Waals surface area contributed by atoms with E-state index < -0.39 is 63.8 Å². The van der Waals surface area contributed by atoms with Gasteiger partial charge in [-0.1, -0.05) is 121 Å². The van der Waals surface area contributed by atoms with E-state index in [0.29, 0.717) is 33.0 Å². The van der Waals surface area contributed by atoms with Crippen molar-refractivity contribution < 1.29 is 57.1 Å². The minimum Gasteiger partial charge on any atom is -0.354 e. The summed E-state index contributed by atoms with van der Waals surface area (Å²) in [6, 6.07) is 34.9. The lowest BCUT2D eigenvalue weighted by atomic mass is 9.83. The van der Waals surface area contributed by atoms with Crippen LogP contribution in [0.1, 0.15) is 39.1 Å². The van der Waals surface area contributed by atoms with Crippen molar-refractivity contribution >= 4 is 33.7 Å². The van der Waals surface area contributed by atoms with E-state index in [0.717, 1.165) is 17.8 Å². The molecule has 9 rings (SSSR count). The Balaban J connectivity index is 1.48. The maximum absolute atomic E-state index is 17.6. The highest BCUT2D eigenvalue weighted by Gasteiger charge is 2.91. The number of aromatic nitrogens is 2. The number of aliphatic imine (C=N–C) groups is 2. The number of nitrogens with one attached hydrogen (secondary N) is 1. The van der Waals surface area contributed by atoms with Gasteiger partial charge in [-0.25, -0.2) is 9.98 Å². The summed E-state index contributed by atoms with van der Waals surface area (Å²) in [5, 5.41) is 0.960. The smallest absolute Gasteiger partial charge is 0.354 e. The van der Waals surface area contributed by atoms with Crippen LogP contribution in [0.5, 0.6) is 0 Å². The molecule has 4 aromatic carbocycles. The summed E-state index contributed by atoms with van der Waals surface area (Å²) in [6.45, 7) is 0. The number of allylic oxidation sites excluding steroid dienone is 4. The van der Waals surface area contributed by atoms with Crippen LogP contribution in [0, 0.1) is 0 Å². The fraction of sp³-hybridized carbons (Fsp3) is 0.137. The Morgan fingerprint density at radius 3 is 1.19 bits per heavy atom. The fourth-order valence-corrected chi connectivity index (χ4v) is 8.48. The summed E-state index contributed by atoms with van der Waals surface area (Å²) in [4.78, 5) is 13.1. The van der Waals surface area contributed by atoms with Gasteiger partial charge in [0.25, 0.3) is 0 Å². The molecule has 68 heavy (non-hydrogen) atoms. The first-order valence-corrected chi connectivity index (χ1v) is 20.4. The predicted octanol–water partition coefficient (Wildman–Crippen LogP) is 12.2. The Bertz CT molecular complexity index is 3280. The molecule has 0 saturated heterocycles. The molecule has 0 amide bonds. The third kappa shape index (κ3) is 7.00. The Morgan fingerprint density at radius 2 is 0.779 bits per heavy atom. The second kappa shape index (κ2) is 16.1. The molecule has 3 aliphatic rings. The summed E-state index contributed by atoms with van der Waals surface area (Å²) >= 11 is 0. The van der Waals surface area contributed by atoms with E-state index in [-0.39, 0.29) is 33.9 Å². The van der Waals surface area contributed by atoms with Crippen molar-refractivity contribution in [1.29, 1.82) is 0 Å². The number of aromatic amines is 1. The lowest BCUT2D eigenvalue weighted by Gasteiger charge is -2.40. The SMILES string of the molecule is Cn1cc2c(C(F)(F)C(F)(F)C(F)(F)C(F)(F)C(F)(F)C(F)(F)F)c1C(c1ccccc1)=C1C=CC(=N1)C(c1ccccc1)=c1ccc([nH]1)=C(c1ccccc1)C1=NC(=C2c2ccccc2)C=C1. The largest absolute Gasteiger partial charge is 0.460 e. The van der Waals surface area contributed by atoms with Gasteiger partial charge in [-0.2, -0.15) is 57.1 Å². The van der Waals surface area contributed by atoms with Crippen LogP contribution in [0.25, 0.3) is 22.3 Å². The third-order valence-electron chi connectivity index (χ3n) is 11.7. The average molecular weight is 947 g/mol. The molecule has 346 valence electrons. The first kappa shape index (κ1) is 45.7.